The number of nitrogens with one attached hydrogen (secondary N) is 2. The molecule has 8 heteroatoms. The molecular weight excluding hydrogens is 250 g/mol. The molecule has 0 unspecified atom stereocenters. The Bertz CT molecular complexity index is 587. The number of ether oxygens (including phenoxy) is 1. The van der Waals surface area contributed by atoms with Gasteiger partial charge in [-0.1, -0.05) is 5.16 Å². The summed E-state index contributed by atoms with van der Waals surface area (Å²) in [5.41, 5.74) is 0.233. The van der Waals surface area contributed by atoms with Crippen molar-refractivity contribution in [3.05, 3.63) is 17.5 Å². The fourth-order valence-electron chi connectivity index (χ4n) is 1.62. The normalized spacial score (nSPS) is 14.4. The largest absolute Gasteiger partial charge is 0.463 e. The number of hydrogen-bond acceptors (Lipinski definition) is 6. The fraction of sp³-hybridized carbons (Fsp3) is 0.455. The van der Waals surface area contributed by atoms with Gasteiger partial charge in [0.15, 0.2) is 5.69 Å². The number of amides is 1. The Kier molecular flexibility index (Phi) is 2.90. The van der Waals surface area contributed by atoms with E-state index in [0.29, 0.717) is 12.5 Å². The molecule has 0 bridgehead atoms. The number of H-pyrrole nitrogens is 1. The van der Waals surface area contributed by atoms with Crippen LogP contribution < -0.4 is 10.1 Å². The summed E-state index contributed by atoms with van der Waals surface area (Å²) in [4.78, 5) is 15.8. The van der Waals surface area contributed by atoms with Crippen molar-refractivity contribution >= 4 is 11.9 Å². The molecule has 1 amide bonds. The Morgan fingerprint density at radius 3 is 3.21 bits per heavy atom. The molecule has 3 rings (SSSR count). The minimum atomic E-state index is -0.394. The summed E-state index contributed by atoms with van der Waals surface area (Å²) >= 11 is 0. The molecule has 1 saturated carbocycles. The van der Waals surface area contributed by atoms with E-state index in [4.69, 9.17) is 9.26 Å². The monoisotopic (exact) mass is 263 g/mol. The molecule has 1 aliphatic carbocycles. The predicted octanol–water partition coefficient (Wildman–Crippen LogP) is 1.32. The van der Waals surface area contributed by atoms with Crippen LogP contribution in [0.5, 0.6) is 6.01 Å². The number of carbonyl (C=O) groups is 1. The lowest BCUT2D eigenvalue weighted by molar-refractivity contribution is 0.101. The molecule has 2 aromatic rings. The van der Waals surface area contributed by atoms with Gasteiger partial charge in [-0.05, 0) is 19.8 Å². The maximum absolute atomic E-state index is 11.9. The van der Waals surface area contributed by atoms with Gasteiger partial charge in [-0.3, -0.25) is 10.1 Å². The van der Waals surface area contributed by atoms with E-state index in [1.54, 1.807) is 6.07 Å². The van der Waals surface area contributed by atoms with Crippen molar-refractivity contribution in [3.8, 4) is 6.01 Å². The third-order valence-corrected chi connectivity index (χ3v) is 2.71. The first-order valence-corrected chi connectivity index (χ1v) is 6.09. The second kappa shape index (κ2) is 4.71. The molecule has 0 radical (unpaired) electrons. The van der Waals surface area contributed by atoms with Crippen molar-refractivity contribution in [3.63, 3.8) is 0 Å². The van der Waals surface area contributed by atoms with Gasteiger partial charge in [-0.25, -0.2) is 5.10 Å². The lowest BCUT2D eigenvalue weighted by Gasteiger charge is -1.95. The number of hydrogen-bond donors (Lipinski definition) is 2. The first kappa shape index (κ1) is 11.7. The van der Waals surface area contributed by atoms with Gasteiger partial charge in [0.2, 0.25) is 5.95 Å². The van der Waals surface area contributed by atoms with Crippen molar-refractivity contribution in [2.75, 3.05) is 11.9 Å². The maximum Gasteiger partial charge on any atom is 0.337 e. The van der Waals surface area contributed by atoms with Crippen LogP contribution in [-0.4, -0.2) is 32.9 Å². The molecule has 2 N–H and O–H groups in total. The standard InChI is InChI=1S/C11H13N5O3/c1-2-18-11-13-10(14-15-11)12-9(17)7-5-8(19-16-7)6-3-4-6/h5-6H,2-4H2,1H3,(H2,12,13,14,15,17). The van der Waals surface area contributed by atoms with Gasteiger partial charge in [0.25, 0.3) is 5.91 Å². The summed E-state index contributed by atoms with van der Waals surface area (Å²) in [7, 11) is 0. The van der Waals surface area contributed by atoms with E-state index in [2.05, 4.69) is 25.7 Å². The molecule has 0 aromatic carbocycles. The first-order chi connectivity index (χ1) is 9.26. The Balaban J connectivity index is 1.65. The number of nitrogens with zero attached hydrogens (tertiary/aromatic N) is 3. The third kappa shape index (κ3) is 2.56. The van der Waals surface area contributed by atoms with Crippen LogP contribution in [0.1, 0.15) is 41.9 Å². The fourth-order valence-corrected chi connectivity index (χ4v) is 1.62. The van der Waals surface area contributed by atoms with E-state index in [0.717, 1.165) is 18.6 Å². The average Bonchev–Trinajstić information content (AvgIpc) is 2.96. The molecule has 0 spiro atoms. The minimum absolute atomic E-state index is 0.191. The zero-order valence-electron chi connectivity index (χ0n) is 10.3. The third-order valence-electron chi connectivity index (χ3n) is 2.71. The van der Waals surface area contributed by atoms with E-state index in [1.165, 1.54) is 0 Å². The second-order valence-electron chi connectivity index (χ2n) is 4.24. The van der Waals surface area contributed by atoms with Crippen LogP contribution in [0.25, 0.3) is 0 Å². The highest BCUT2D eigenvalue weighted by Crippen LogP contribution is 2.40. The lowest BCUT2D eigenvalue weighted by Crippen LogP contribution is -2.13. The molecule has 1 fully saturated rings. The topological polar surface area (TPSA) is 106 Å². The minimum Gasteiger partial charge on any atom is -0.463 e. The zero-order valence-corrected chi connectivity index (χ0v) is 10.3. The van der Waals surface area contributed by atoms with Gasteiger partial charge in [0, 0.05) is 12.0 Å². The Labute approximate surface area is 108 Å². The van der Waals surface area contributed by atoms with Gasteiger partial charge in [-0.15, -0.1) is 5.10 Å². The highest BCUT2D eigenvalue weighted by atomic mass is 16.5. The number of carbonyl (C=O) groups excluding carboxylic acids is 1. The van der Waals surface area contributed by atoms with E-state index in [1.807, 2.05) is 6.92 Å². The van der Waals surface area contributed by atoms with Gasteiger partial charge in [-0.2, -0.15) is 4.98 Å². The number of aromatic amines is 1. The van der Waals surface area contributed by atoms with Crippen molar-refractivity contribution < 1.29 is 14.1 Å². The van der Waals surface area contributed by atoms with Crippen LogP contribution in [-0.2, 0) is 0 Å². The summed E-state index contributed by atoms with van der Waals surface area (Å²) in [6.45, 7) is 2.28. The smallest absolute Gasteiger partial charge is 0.337 e. The molecule has 0 atom stereocenters. The summed E-state index contributed by atoms with van der Waals surface area (Å²) in [6.07, 6.45) is 2.19. The summed E-state index contributed by atoms with van der Waals surface area (Å²) in [5, 5.41) is 12.6. The van der Waals surface area contributed by atoms with Crippen LogP contribution in [0.4, 0.5) is 5.95 Å². The highest BCUT2D eigenvalue weighted by Gasteiger charge is 2.29. The highest BCUT2D eigenvalue weighted by molar-refractivity contribution is 6.01. The van der Waals surface area contributed by atoms with Crippen LogP contribution in [0.15, 0.2) is 10.6 Å². The Hall–Kier alpha value is -2.38. The Morgan fingerprint density at radius 1 is 1.63 bits per heavy atom. The predicted molar refractivity (Wildman–Crippen MR) is 64.0 cm³/mol. The molecule has 1 aliphatic rings. The number of aromatic nitrogens is 4. The second-order valence-corrected chi connectivity index (χ2v) is 4.24. The number of rotatable bonds is 5. The molecule has 0 aliphatic heterocycles. The molecule has 2 aromatic heterocycles. The van der Waals surface area contributed by atoms with Crippen molar-refractivity contribution in [2.45, 2.75) is 25.7 Å². The van der Waals surface area contributed by atoms with Gasteiger partial charge in [0.05, 0.1) is 6.61 Å². The molecule has 2 heterocycles. The van der Waals surface area contributed by atoms with E-state index in [9.17, 15) is 4.79 Å². The zero-order chi connectivity index (χ0) is 13.2. The van der Waals surface area contributed by atoms with E-state index >= 15 is 0 Å². The first-order valence-electron chi connectivity index (χ1n) is 6.09. The van der Waals surface area contributed by atoms with Crippen LogP contribution >= 0.6 is 0 Å². The van der Waals surface area contributed by atoms with Crippen LogP contribution in [0.2, 0.25) is 0 Å². The van der Waals surface area contributed by atoms with Crippen molar-refractivity contribution in [1.82, 2.24) is 20.3 Å². The lowest BCUT2D eigenvalue weighted by atomic mass is 10.3. The molecule has 0 saturated heterocycles. The molecule has 100 valence electrons. The van der Waals surface area contributed by atoms with Crippen molar-refractivity contribution in [1.29, 1.82) is 0 Å². The summed E-state index contributed by atoms with van der Waals surface area (Å²) in [5.74, 6) is 1.00. The molecular formula is C11H13N5O3. The quantitative estimate of drug-likeness (QED) is 0.842. The SMILES string of the molecule is CCOc1n[nH]c(NC(=O)c2cc(C3CC3)on2)n1. The molecule has 19 heavy (non-hydrogen) atoms. The number of anilines is 1. The van der Waals surface area contributed by atoms with Gasteiger partial charge >= 0.3 is 6.01 Å². The average molecular weight is 263 g/mol. The van der Waals surface area contributed by atoms with Crippen molar-refractivity contribution in [2.24, 2.45) is 0 Å². The van der Waals surface area contributed by atoms with Crippen LogP contribution in [0, 0.1) is 0 Å². The summed E-state index contributed by atoms with van der Waals surface area (Å²) in [6, 6.07) is 1.85. The van der Waals surface area contributed by atoms with Gasteiger partial charge in [0.1, 0.15) is 5.76 Å². The molecule has 8 nitrogen and oxygen atoms in total. The van der Waals surface area contributed by atoms with Gasteiger partial charge < -0.3 is 9.26 Å². The van der Waals surface area contributed by atoms with E-state index in [-0.39, 0.29) is 17.7 Å². The summed E-state index contributed by atoms with van der Waals surface area (Å²) < 4.78 is 10.2. The maximum atomic E-state index is 11.9. The van der Waals surface area contributed by atoms with E-state index < -0.39 is 5.91 Å². The van der Waals surface area contributed by atoms with Crippen LogP contribution in [0.3, 0.4) is 0 Å². The Morgan fingerprint density at radius 2 is 2.47 bits per heavy atom.